The molecule has 0 amide bonds. The highest BCUT2D eigenvalue weighted by Gasteiger charge is 2.29. The first-order valence-electron chi connectivity index (χ1n) is 6.37. The zero-order chi connectivity index (χ0) is 13.5. The van der Waals surface area contributed by atoms with E-state index in [-0.39, 0.29) is 18.4 Å². The summed E-state index contributed by atoms with van der Waals surface area (Å²) in [6.45, 7) is 5.75. The predicted octanol–water partition coefficient (Wildman–Crippen LogP) is 2.95. The van der Waals surface area contributed by atoms with Crippen LogP contribution >= 0.6 is 0 Å². The molecule has 0 aliphatic carbocycles. The molecule has 1 rings (SSSR count). The topological polar surface area (TPSA) is 43.4 Å². The average Bonchev–Trinajstić information content (AvgIpc) is 2.40. The molecule has 2 atom stereocenters. The summed E-state index contributed by atoms with van der Waals surface area (Å²) in [6, 6.07) is 9.80. The van der Waals surface area contributed by atoms with Gasteiger partial charge in [-0.05, 0) is 24.8 Å². The van der Waals surface area contributed by atoms with Crippen LogP contribution in [0.2, 0.25) is 0 Å². The summed E-state index contributed by atoms with van der Waals surface area (Å²) in [6.07, 6.45) is 0.816. The average molecular weight is 248 g/mol. The van der Waals surface area contributed by atoms with Gasteiger partial charge in [0.2, 0.25) is 5.78 Å². The van der Waals surface area contributed by atoms with Crippen LogP contribution in [0.25, 0.3) is 0 Å². The van der Waals surface area contributed by atoms with E-state index in [9.17, 15) is 9.59 Å². The maximum Gasteiger partial charge on any atom is 0.374 e. The molecule has 0 fully saturated rings. The van der Waals surface area contributed by atoms with Crippen LogP contribution in [-0.2, 0) is 14.3 Å². The maximum atomic E-state index is 11.9. The monoisotopic (exact) mass is 248 g/mol. The number of carbonyl (C=O) groups is 2. The Morgan fingerprint density at radius 1 is 1.17 bits per heavy atom. The van der Waals surface area contributed by atoms with Crippen molar-refractivity contribution in [1.82, 2.24) is 0 Å². The Kier molecular flexibility index (Phi) is 5.56. The van der Waals surface area contributed by atoms with Crippen LogP contribution in [-0.4, -0.2) is 18.4 Å². The molecule has 0 aromatic heterocycles. The molecule has 18 heavy (non-hydrogen) atoms. The quantitative estimate of drug-likeness (QED) is 0.574. The van der Waals surface area contributed by atoms with Gasteiger partial charge in [-0.1, -0.05) is 44.2 Å². The summed E-state index contributed by atoms with van der Waals surface area (Å²) in [7, 11) is 0. The van der Waals surface area contributed by atoms with Gasteiger partial charge in [0.05, 0.1) is 6.61 Å². The fourth-order valence-corrected chi connectivity index (χ4v) is 2.15. The van der Waals surface area contributed by atoms with E-state index in [1.807, 2.05) is 37.3 Å². The zero-order valence-electron chi connectivity index (χ0n) is 11.2. The number of ether oxygens (including phenoxy) is 1. The molecule has 0 aliphatic rings. The highest BCUT2D eigenvalue weighted by Crippen LogP contribution is 2.28. The summed E-state index contributed by atoms with van der Waals surface area (Å²) < 4.78 is 4.77. The smallest absolute Gasteiger partial charge is 0.374 e. The van der Waals surface area contributed by atoms with E-state index in [1.54, 1.807) is 13.8 Å². The van der Waals surface area contributed by atoms with Crippen LogP contribution < -0.4 is 0 Å². The SMILES string of the molecule is CCOC(=O)C(=O)C(C)C(CC)c1ccccc1. The van der Waals surface area contributed by atoms with Crippen molar-refractivity contribution in [3.63, 3.8) is 0 Å². The second kappa shape index (κ2) is 6.94. The lowest BCUT2D eigenvalue weighted by Crippen LogP contribution is -2.28. The third-order valence-corrected chi connectivity index (χ3v) is 3.16. The molecule has 0 saturated heterocycles. The summed E-state index contributed by atoms with van der Waals surface area (Å²) >= 11 is 0. The van der Waals surface area contributed by atoms with Crippen molar-refractivity contribution in [2.45, 2.75) is 33.1 Å². The maximum absolute atomic E-state index is 11.9. The number of hydrogen-bond donors (Lipinski definition) is 0. The van der Waals surface area contributed by atoms with E-state index in [0.717, 1.165) is 12.0 Å². The third kappa shape index (κ3) is 3.42. The number of rotatable bonds is 6. The molecule has 0 N–H and O–H groups in total. The molecule has 3 nitrogen and oxygen atoms in total. The van der Waals surface area contributed by atoms with Gasteiger partial charge in [-0.15, -0.1) is 0 Å². The molecule has 0 bridgehead atoms. The van der Waals surface area contributed by atoms with Gasteiger partial charge in [0, 0.05) is 5.92 Å². The molecule has 1 aromatic rings. The van der Waals surface area contributed by atoms with Crippen molar-refractivity contribution in [1.29, 1.82) is 0 Å². The number of esters is 1. The summed E-state index contributed by atoms with van der Waals surface area (Å²) in [5.41, 5.74) is 1.09. The number of Topliss-reactive ketones (excluding diaryl/α,β-unsaturated/α-hetero) is 1. The normalized spacial score (nSPS) is 13.7. The van der Waals surface area contributed by atoms with E-state index >= 15 is 0 Å². The molecular formula is C15H20O3. The van der Waals surface area contributed by atoms with Crippen molar-refractivity contribution < 1.29 is 14.3 Å². The lowest BCUT2D eigenvalue weighted by atomic mass is 9.83. The number of hydrogen-bond acceptors (Lipinski definition) is 3. The minimum Gasteiger partial charge on any atom is -0.460 e. The Morgan fingerprint density at radius 3 is 2.28 bits per heavy atom. The van der Waals surface area contributed by atoms with Gasteiger partial charge in [0.25, 0.3) is 0 Å². The van der Waals surface area contributed by atoms with Crippen LogP contribution in [0.4, 0.5) is 0 Å². The molecular weight excluding hydrogens is 228 g/mol. The van der Waals surface area contributed by atoms with Crippen LogP contribution in [0, 0.1) is 5.92 Å². The molecule has 0 radical (unpaired) electrons. The summed E-state index contributed by atoms with van der Waals surface area (Å²) in [4.78, 5) is 23.4. The van der Waals surface area contributed by atoms with E-state index in [1.165, 1.54) is 0 Å². The molecule has 3 heteroatoms. The van der Waals surface area contributed by atoms with Gasteiger partial charge >= 0.3 is 5.97 Å². The van der Waals surface area contributed by atoms with E-state index in [4.69, 9.17) is 4.74 Å². The van der Waals surface area contributed by atoms with Gasteiger partial charge in [0.1, 0.15) is 0 Å². The minimum atomic E-state index is -0.723. The van der Waals surface area contributed by atoms with E-state index in [0.29, 0.717) is 0 Å². The second-order valence-corrected chi connectivity index (χ2v) is 4.30. The molecule has 1 aromatic carbocycles. The molecule has 98 valence electrons. The van der Waals surface area contributed by atoms with Gasteiger partial charge in [-0.2, -0.15) is 0 Å². The Morgan fingerprint density at radius 2 is 1.78 bits per heavy atom. The largest absolute Gasteiger partial charge is 0.460 e. The fourth-order valence-electron chi connectivity index (χ4n) is 2.15. The first kappa shape index (κ1) is 14.4. The number of ketones is 1. The highest BCUT2D eigenvalue weighted by molar-refractivity contribution is 6.34. The van der Waals surface area contributed by atoms with Crippen molar-refractivity contribution in [3.8, 4) is 0 Å². The Hall–Kier alpha value is -1.64. The first-order chi connectivity index (χ1) is 8.61. The second-order valence-electron chi connectivity index (χ2n) is 4.30. The Bertz CT molecular complexity index is 397. The lowest BCUT2D eigenvalue weighted by molar-refractivity contribution is -0.155. The van der Waals surface area contributed by atoms with Crippen LogP contribution in [0.3, 0.4) is 0 Å². The van der Waals surface area contributed by atoms with Crippen molar-refractivity contribution in [2.24, 2.45) is 5.92 Å². The van der Waals surface area contributed by atoms with Gasteiger partial charge in [-0.3, -0.25) is 4.79 Å². The zero-order valence-corrected chi connectivity index (χ0v) is 11.2. The number of carbonyl (C=O) groups excluding carboxylic acids is 2. The predicted molar refractivity (Wildman–Crippen MR) is 70.3 cm³/mol. The van der Waals surface area contributed by atoms with Crippen LogP contribution in [0.15, 0.2) is 30.3 Å². The Labute approximate surface area is 108 Å². The van der Waals surface area contributed by atoms with Crippen molar-refractivity contribution >= 4 is 11.8 Å². The summed E-state index contributed by atoms with van der Waals surface area (Å²) in [5, 5.41) is 0. The molecule has 0 spiro atoms. The van der Waals surface area contributed by atoms with Crippen molar-refractivity contribution in [2.75, 3.05) is 6.61 Å². The lowest BCUT2D eigenvalue weighted by Gasteiger charge is -2.21. The Balaban J connectivity index is 2.83. The molecule has 0 saturated carbocycles. The highest BCUT2D eigenvalue weighted by atomic mass is 16.5. The standard InChI is InChI=1S/C15H20O3/c1-4-13(12-9-7-6-8-10-12)11(3)14(16)15(17)18-5-2/h6-11,13H,4-5H2,1-3H3. The summed E-state index contributed by atoms with van der Waals surface area (Å²) in [5.74, 6) is -1.45. The molecule has 0 aliphatic heterocycles. The minimum absolute atomic E-state index is 0.0584. The third-order valence-electron chi connectivity index (χ3n) is 3.16. The fraction of sp³-hybridized carbons (Fsp3) is 0.467. The molecule has 0 heterocycles. The van der Waals surface area contributed by atoms with Gasteiger partial charge in [-0.25, -0.2) is 4.79 Å². The number of benzene rings is 1. The van der Waals surface area contributed by atoms with E-state index in [2.05, 4.69) is 0 Å². The first-order valence-corrected chi connectivity index (χ1v) is 6.37. The van der Waals surface area contributed by atoms with E-state index < -0.39 is 11.8 Å². The van der Waals surface area contributed by atoms with Crippen LogP contribution in [0.1, 0.15) is 38.7 Å². The van der Waals surface area contributed by atoms with Crippen molar-refractivity contribution in [3.05, 3.63) is 35.9 Å². The van der Waals surface area contributed by atoms with Gasteiger partial charge < -0.3 is 4.74 Å². The van der Waals surface area contributed by atoms with Crippen LogP contribution in [0.5, 0.6) is 0 Å². The van der Waals surface area contributed by atoms with Gasteiger partial charge in [0.15, 0.2) is 0 Å². The molecule has 2 unspecified atom stereocenters.